The number of alkyl halides is 4. The number of halogens is 4. The Bertz CT molecular complexity index is 1860. The lowest BCUT2D eigenvalue weighted by atomic mass is 9.62. The van der Waals surface area contributed by atoms with Gasteiger partial charge in [-0.1, -0.05) is 12.1 Å². The van der Waals surface area contributed by atoms with Gasteiger partial charge in [-0.25, -0.2) is 14.8 Å². The summed E-state index contributed by atoms with van der Waals surface area (Å²) in [5.74, 6) is -1.08. The minimum absolute atomic E-state index is 0.0180. The number of carbonyl (C=O) groups excluding carboxylic acids is 2. The molecule has 0 bridgehead atoms. The third kappa shape index (κ3) is 4.94. The van der Waals surface area contributed by atoms with Crippen LogP contribution < -0.4 is 26.0 Å². The number of nitriles is 1. The fraction of sp³-hybridized carbons (Fsp3) is 0.438. The Morgan fingerprint density at radius 2 is 1.79 bits per heavy atom. The molecule has 2 amide bonds. The lowest BCUT2D eigenvalue weighted by Gasteiger charge is -2.55. The molecule has 1 aromatic heterocycles. The van der Waals surface area contributed by atoms with E-state index in [1.807, 2.05) is 12.1 Å². The third-order valence-corrected chi connectivity index (χ3v) is 10.5. The number of hydrogen-bond donors (Lipinski definition) is 3. The van der Waals surface area contributed by atoms with E-state index >= 15 is 0 Å². The van der Waals surface area contributed by atoms with E-state index in [0.717, 1.165) is 22.6 Å². The fourth-order valence-electron chi connectivity index (χ4n) is 7.93. The smallest absolute Gasteiger partial charge is 0.306 e. The molecule has 5 unspecified atom stereocenters. The number of nitrogens with zero attached hydrogens (tertiary/aromatic N) is 6. The summed E-state index contributed by atoms with van der Waals surface area (Å²) in [6, 6.07) is 11.0. The highest BCUT2D eigenvalue weighted by Crippen LogP contribution is 2.49. The van der Waals surface area contributed by atoms with Crippen molar-refractivity contribution < 1.29 is 27.2 Å². The highest BCUT2D eigenvalue weighted by atomic mass is 32.1. The van der Waals surface area contributed by atoms with Gasteiger partial charge >= 0.3 is 6.18 Å². The van der Waals surface area contributed by atoms with Crippen LogP contribution in [0.2, 0.25) is 0 Å². The second-order valence-corrected chi connectivity index (χ2v) is 13.5. The van der Waals surface area contributed by atoms with Crippen molar-refractivity contribution in [3.05, 3.63) is 71.3 Å². The van der Waals surface area contributed by atoms with Crippen molar-refractivity contribution in [2.45, 2.75) is 68.6 Å². The Morgan fingerprint density at radius 3 is 2.44 bits per heavy atom. The monoisotopic (exact) mass is 681 g/mol. The summed E-state index contributed by atoms with van der Waals surface area (Å²) in [4.78, 5) is 33.7. The molecule has 3 aromatic rings. The molecule has 7 rings (SSSR count). The van der Waals surface area contributed by atoms with Crippen LogP contribution in [0.15, 0.2) is 48.8 Å². The quantitative estimate of drug-likeness (QED) is 0.278. The molecule has 11 nitrogen and oxygen atoms in total. The number of thiocarbonyl (C=S) groups is 1. The van der Waals surface area contributed by atoms with Crippen molar-refractivity contribution in [3.8, 4) is 6.07 Å². The van der Waals surface area contributed by atoms with Gasteiger partial charge in [0.05, 0.1) is 28.8 Å². The fourth-order valence-corrected chi connectivity index (χ4v) is 8.45. The predicted molar refractivity (Wildman–Crippen MR) is 169 cm³/mol. The Balaban J connectivity index is 1.23. The van der Waals surface area contributed by atoms with Gasteiger partial charge in [-0.15, -0.1) is 0 Å². The zero-order chi connectivity index (χ0) is 34.3. The molecule has 1 saturated carbocycles. The first kappa shape index (κ1) is 32.1. The summed E-state index contributed by atoms with van der Waals surface area (Å²) in [5, 5.41) is 17.1. The van der Waals surface area contributed by atoms with Crippen LogP contribution in [0.1, 0.15) is 61.2 Å². The van der Waals surface area contributed by atoms with Crippen molar-refractivity contribution in [1.29, 1.82) is 5.26 Å². The lowest BCUT2D eigenvalue weighted by molar-refractivity contribution is -0.139. The molecule has 1 aliphatic carbocycles. The Labute approximate surface area is 278 Å². The van der Waals surface area contributed by atoms with Gasteiger partial charge in [-0.05, 0) is 74.8 Å². The summed E-state index contributed by atoms with van der Waals surface area (Å²) in [7, 11) is 1.79. The Kier molecular flexibility index (Phi) is 7.57. The van der Waals surface area contributed by atoms with Crippen LogP contribution in [0.4, 0.5) is 28.9 Å². The van der Waals surface area contributed by atoms with E-state index in [-0.39, 0.29) is 59.5 Å². The van der Waals surface area contributed by atoms with Gasteiger partial charge in [0, 0.05) is 42.7 Å². The summed E-state index contributed by atoms with van der Waals surface area (Å²) in [5.41, 5.74) is 4.24. The summed E-state index contributed by atoms with van der Waals surface area (Å²) < 4.78 is 57.9. The highest BCUT2D eigenvalue weighted by molar-refractivity contribution is 7.81. The molecule has 7 atom stereocenters. The van der Waals surface area contributed by atoms with Gasteiger partial charge in [0.15, 0.2) is 5.11 Å². The molecule has 3 saturated heterocycles. The SMILES string of the molecule is Cn1ncnc1[C@@H]1C2NNC(=O)C3CC(F)CC(N[C@H]1c1ccc(N4C(=S)N(c5ccc(C#N)c(C(F)(F)F)c5)C(=O)C4(C)C)cc1)C32. The normalized spacial score (nSPS) is 29.8. The molecule has 250 valence electrons. The topological polar surface area (TPSA) is 131 Å². The lowest BCUT2D eigenvalue weighted by Crippen LogP contribution is -2.71. The first-order valence-corrected chi connectivity index (χ1v) is 15.8. The average molecular weight is 682 g/mol. The zero-order valence-corrected chi connectivity index (χ0v) is 26.8. The summed E-state index contributed by atoms with van der Waals surface area (Å²) >= 11 is 5.70. The van der Waals surface area contributed by atoms with Crippen molar-refractivity contribution in [2.24, 2.45) is 18.9 Å². The minimum Gasteiger partial charge on any atom is -0.306 e. The molecule has 4 heterocycles. The van der Waals surface area contributed by atoms with Crippen LogP contribution in [0, 0.1) is 23.2 Å². The number of aromatic nitrogens is 3. The second-order valence-electron chi connectivity index (χ2n) is 13.2. The molecule has 3 aliphatic heterocycles. The van der Waals surface area contributed by atoms with Crippen LogP contribution in [-0.4, -0.2) is 55.5 Å². The Morgan fingerprint density at radius 1 is 1.08 bits per heavy atom. The van der Waals surface area contributed by atoms with Gasteiger partial charge in [0.2, 0.25) is 5.91 Å². The van der Waals surface area contributed by atoms with Crippen molar-refractivity contribution in [1.82, 2.24) is 30.9 Å². The maximum absolute atomic E-state index is 14.9. The first-order valence-electron chi connectivity index (χ1n) is 15.4. The number of carbonyl (C=O) groups is 2. The predicted octanol–water partition coefficient (Wildman–Crippen LogP) is 3.79. The van der Waals surface area contributed by atoms with Gasteiger partial charge < -0.3 is 10.2 Å². The van der Waals surface area contributed by atoms with Crippen molar-refractivity contribution in [2.75, 3.05) is 9.80 Å². The van der Waals surface area contributed by atoms with Crippen LogP contribution in [0.3, 0.4) is 0 Å². The molecular weight excluding hydrogens is 650 g/mol. The molecule has 3 N–H and O–H groups in total. The second kappa shape index (κ2) is 11.3. The molecule has 0 radical (unpaired) electrons. The Hall–Kier alpha value is -4.46. The maximum Gasteiger partial charge on any atom is 0.417 e. The molecule has 16 heteroatoms. The number of hydrazine groups is 1. The molecule has 48 heavy (non-hydrogen) atoms. The first-order chi connectivity index (χ1) is 22.7. The van der Waals surface area contributed by atoms with E-state index in [9.17, 15) is 32.4 Å². The van der Waals surface area contributed by atoms with E-state index in [2.05, 4.69) is 26.3 Å². The molecule has 2 aromatic carbocycles. The zero-order valence-electron chi connectivity index (χ0n) is 26.0. The maximum atomic E-state index is 14.9. The van der Waals surface area contributed by atoms with Crippen LogP contribution in [-0.2, 0) is 22.8 Å². The summed E-state index contributed by atoms with van der Waals surface area (Å²) in [6.45, 7) is 3.26. The van der Waals surface area contributed by atoms with Gasteiger partial charge in [-0.2, -0.15) is 23.5 Å². The van der Waals surface area contributed by atoms with E-state index < -0.39 is 40.8 Å². The average Bonchev–Trinajstić information content (AvgIpc) is 3.54. The molecular formula is C32H31F4N9O2S. The van der Waals surface area contributed by atoms with E-state index in [1.54, 1.807) is 48.7 Å². The van der Waals surface area contributed by atoms with Crippen LogP contribution >= 0.6 is 12.2 Å². The molecule has 0 spiro atoms. The number of piperidine rings is 1. The number of rotatable bonds is 4. The van der Waals surface area contributed by atoms with Gasteiger partial charge in [0.25, 0.3) is 5.91 Å². The number of anilines is 2. The largest absolute Gasteiger partial charge is 0.417 e. The molecule has 4 aliphatic rings. The van der Waals surface area contributed by atoms with Crippen molar-refractivity contribution in [3.63, 3.8) is 0 Å². The number of nitrogens with one attached hydrogen (secondary N) is 3. The number of amides is 2. The van der Waals surface area contributed by atoms with E-state index in [4.69, 9.17) is 12.2 Å². The van der Waals surface area contributed by atoms with Crippen LogP contribution in [0.25, 0.3) is 0 Å². The number of benzene rings is 2. The third-order valence-electron chi connectivity index (χ3n) is 10.1. The summed E-state index contributed by atoms with van der Waals surface area (Å²) in [6.07, 6.45) is -4.07. The number of hydrogen-bond acceptors (Lipinski definition) is 8. The van der Waals surface area contributed by atoms with E-state index in [1.165, 1.54) is 12.4 Å². The standard InChI is InChI=1S/C32H31F4N9O2S/c1-31(2)29(47)44(19-9-6-16(13-37)21(12-19)32(34,35)36)30(48)45(31)18-7-4-15(5-8-18)25-24(27-38-14-39-43(27)3)26-23-20(28(46)42-41-26)10-17(33)11-22(23)40-25/h4-9,12,14,17,20,22-26,40-41H,10-11H2,1-3H3,(H,42,46)/t17?,20?,22?,23?,24-,25-,26?/m0/s1. The highest BCUT2D eigenvalue weighted by Gasteiger charge is 2.56. The minimum atomic E-state index is -4.81. The van der Waals surface area contributed by atoms with Gasteiger partial charge in [0.1, 0.15) is 23.9 Å². The van der Waals surface area contributed by atoms with Gasteiger partial charge in [-0.3, -0.25) is 24.6 Å². The van der Waals surface area contributed by atoms with Crippen LogP contribution in [0.5, 0.6) is 0 Å². The molecule has 4 fully saturated rings. The van der Waals surface area contributed by atoms with Crippen molar-refractivity contribution >= 4 is 40.5 Å². The van der Waals surface area contributed by atoms with E-state index in [0.29, 0.717) is 11.5 Å². The number of aryl methyl sites for hydroxylation is 1.